The van der Waals surface area contributed by atoms with Crippen LogP contribution in [0, 0.1) is 11.3 Å². The fourth-order valence-electron chi connectivity index (χ4n) is 3.13. The summed E-state index contributed by atoms with van der Waals surface area (Å²) in [5, 5.41) is 15.5. The van der Waals surface area contributed by atoms with Crippen LogP contribution in [-0.2, 0) is 11.6 Å². The third-order valence-electron chi connectivity index (χ3n) is 4.89. The Morgan fingerprint density at radius 3 is 2.52 bits per heavy atom. The minimum absolute atomic E-state index is 0.000696. The lowest BCUT2D eigenvalue weighted by Gasteiger charge is -2.12. The highest BCUT2D eigenvalue weighted by molar-refractivity contribution is 5.63. The first kappa shape index (κ1) is 20.5. The van der Waals surface area contributed by atoms with Gasteiger partial charge in [-0.15, -0.1) is 0 Å². The lowest BCUT2D eigenvalue weighted by Crippen LogP contribution is -2.10. The van der Waals surface area contributed by atoms with E-state index >= 15 is 0 Å². The van der Waals surface area contributed by atoms with Crippen LogP contribution in [0.15, 0.2) is 42.6 Å². The van der Waals surface area contributed by atoms with E-state index in [1.165, 1.54) is 12.1 Å². The normalized spacial score (nSPS) is 14.5. The predicted octanol–water partition coefficient (Wildman–Crippen LogP) is 4.68. The molecule has 3 aromatic rings. The summed E-state index contributed by atoms with van der Waals surface area (Å²) in [7, 11) is 0. The Morgan fingerprint density at radius 2 is 1.84 bits per heavy atom. The van der Waals surface area contributed by atoms with Gasteiger partial charge >= 0.3 is 6.18 Å². The molecule has 0 atom stereocenters. The maximum Gasteiger partial charge on any atom is 0.433 e. The average molecular weight is 425 g/mol. The maximum atomic E-state index is 13.1. The molecule has 0 bridgehead atoms. The smallest absolute Gasteiger partial charge is 0.370 e. The highest BCUT2D eigenvalue weighted by atomic mass is 19.4. The molecule has 1 aliphatic carbocycles. The van der Waals surface area contributed by atoms with E-state index in [4.69, 9.17) is 0 Å². The summed E-state index contributed by atoms with van der Waals surface area (Å²) in [6.45, 7) is 2.43. The van der Waals surface area contributed by atoms with Gasteiger partial charge < -0.3 is 10.6 Å². The van der Waals surface area contributed by atoms with E-state index in [0.717, 1.165) is 24.5 Å². The fourth-order valence-corrected chi connectivity index (χ4v) is 3.13. The van der Waals surface area contributed by atoms with Crippen LogP contribution in [0.1, 0.15) is 31.0 Å². The Kier molecular flexibility index (Phi) is 5.19. The van der Waals surface area contributed by atoms with Gasteiger partial charge in [-0.1, -0.05) is 6.07 Å². The zero-order valence-electron chi connectivity index (χ0n) is 16.5. The number of hydrogen-bond donors (Lipinski definition) is 2. The van der Waals surface area contributed by atoms with Gasteiger partial charge in [-0.2, -0.15) is 18.4 Å². The van der Waals surface area contributed by atoms with E-state index < -0.39 is 17.3 Å². The Labute approximate surface area is 176 Å². The minimum Gasteiger partial charge on any atom is -0.370 e. The predicted molar refractivity (Wildman–Crippen MR) is 108 cm³/mol. The zero-order chi connectivity index (χ0) is 22.1. The molecule has 31 heavy (non-hydrogen) atoms. The molecule has 3 aromatic heterocycles. The molecule has 0 aliphatic heterocycles. The van der Waals surface area contributed by atoms with Crippen molar-refractivity contribution in [3.63, 3.8) is 0 Å². The van der Waals surface area contributed by atoms with Crippen molar-refractivity contribution in [1.29, 1.82) is 5.26 Å². The van der Waals surface area contributed by atoms with E-state index in [1.807, 2.05) is 13.0 Å². The number of hydrogen-bond acceptors (Lipinski definition) is 7. The van der Waals surface area contributed by atoms with E-state index in [9.17, 15) is 18.4 Å². The topological polar surface area (TPSA) is 99.4 Å². The van der Waals surface area contributed by atoms with Crippen molar-refractivity contribution in [2.75, 3.05) is 17.2 Å². The summed E-state index contributed by atoms with van der Waals surface area (Å²) in [6, 6.07) is 11.2. The van der Waals surface area contributed by atoms with Crippen molar-refractivity contribution in [3.05, 3.63) is 53.9 Å². The number of nitrogens with one attached hydrogen (secondary N) is 2. The number of nitrogens with zero attached hydrogens (tertiary/aromatic N) is 5. The second-order valence-electron chi connectivity index (χ2n) is 7.15. The van der Waals surface area contributed by atoms with E-state index in [2.05, 4.69) is 36.6 Å². The third kappa shape index (κ3) is 4.40. The number of halogens is 3. The Morgan fingerprint density at radius 1 is 1.06 bits per heavy atom. The molecule has 2 N–H and O–H groups in total. The van der Waals surface area contributed by atoms with Gasteiger partial charge in [0.25, 0.3) is 0 Å². The Hall–Kier alpha value is -3.74. The maximum absolute atomic E-state index is 13.1. The van der Waals surface area contributed by atoms with Gasteiger partial charge in [-0.25, -0.2) is 19.9 Å². The molecular formula is C21H18F3N7. The molecule has 0 radical (unpaired) electrons. The van der Waals surface area contributed by atoms with E-state index in [-0.39, 0.29) is 11.5 Å². The van der Waals surface area contributed by atoms with E-state index in [1.54, 1.807) is 18.3 Å². The van der Waals surface area contributed by atoms with Gasteiger partial charge in [0.2, 0.25) is 0 Å². The van der Waals surface area contributed by atoms with Crippen LogP contribution in [0.3, 0.4) is 0 Å². The van der Waals surface area contributed by atoms with Crippen LogP contribution in [0.5, 0.6) is 0 Å². The largest absolute Gasteiger partial charge is 0.433 e. The Bertz CT molecular complexity index is 1150. The van der Waals surface area contributed by atoms with Crippen LogP contribution in [0.2, 0.25) is 0 Å². The molecule has 0 saturated heterocycles. The quantitative estimate of drug-likeness (QED) is 0.591. The summed E-state index contributed by atoms with van der Waals surface area (Å²) in [4.78, 5) is 16.6. The monoisotopic (exact) mass is 425 g/mol. The number of nitriles is 1. The van der Waals surface area contributed by atoms with Crippen molar-refractivity contribution >= 4 is 17.5 Å². The zero-order valence-corrected chi connectivity index (χ0v) is 16.5. The van der Waals surface area contributed by atoms with Gasteiger partial charge in [-0.3, -0.25) is 0 Å². The summed E-state index contributed by atoms with van der Waals surface area (Å²) >= 11 is 0. The summed E-state index contributed by atoms with van der Waals surface area (Å²) in [6.07, 6.45) is -1.36. The molecule has 0 amide bonds. The molecular weight excluding hydrogens is 407 g/mol. The van der Waals surface area contributed by atoms with Crippen LogP contribution >= 0.6 is 0 Å². The molecule has 1 fully saturated rings. The number of rotatable bonds is 6. The van der Waals surface area contributed by atoms with Gasteiger partial charge in [0, 0.05) is 18.8 Å². The Balaban J connectivity index is 1.69. The molecule has 4 rings (SSSR count). The molecule has 0 unspecified atom stereocenters. The van der Waals surface area contributed by atoms with Crippen LogP contribution in [0.4, 0.5) is 30.6 Å². The van der Waals surface area contributed by atoms with Gasteiger partial charge in [0.1, 0.15) is 28.8 Å². The second-order valence-corrected chi connectivity index (χ2v) is 7.15. The molecule has 10 heteroatoms. The highest BCUT2D eigenvalue weighted by Gasteiger charge is 2.45. The molecule has 3 heterocycles. The molecule has 7 nitrogen and oxygen atoms in total. The summed E-state index contributed by atoms with van der Waals surface area (Å²) < 4.78 is 39.2. The van der Waals surface area contributed by atoms with Crippen molar-refractivity contribution < 1.29 is 13.2 Å². The van der Waals surface area contributed by atoms with Gasteiger partial charge in [0.05, 0.1) is 11.5 Å². The number of alkyl halides is 3. The average Bonchev–Trinajstić information content (AvgIpc) is 3.55. The fraction of sp³-hybridized carbons (Fsp3) is 0.286. The van der Waals surface area contributed by atoms with Crippen LogP contribution in [0.25, 0.3) is 11.5 Å². The SMILES string of the molecule is CCNc1cc(Nc2cc(C3(C#N)CC3)ccn2)nc(-c2cccc(C(F)(F)F)n2)n1. The highest BCUT2D eigenvalue weighted by Crippen LogP contribution is 2.47. The van der Waals surface area contributed by atoms with E-state index in [0.29, 0.717) is 24.0 Å². The van der Waals surface area contributed by atoms with Gasteiger partial charge in [0.15, 0.2) is 5.82 Å². The van der Waals surface area contributed by atoms with Crippen molar-refractivity contribution in [1.82, 2.24) is 19.9 Å². The molecule has 1 saturated carbocycles. The van der Waals surface area contributed by atoms with Crippen molar-refractivity contribution in [3.8, 4) is 17.6 Å². The standard InChI is InChI=1S/C21H18F3N7/c1-2-26-17-11-18(29-16-10-13(6-9-27-16)20(12-25)7-8-20)31-19(30-17)14-4-3-5-15(28-14)21(22,23)24/h3-6,9-11H,2,7-8H2,1H3,(H2,26,27,29,30,31). The molecule has 0 spiro atoms. The van der Waals surface area contributed by atoms with Gasteiger partial charge in [-0.05, 0) is 49.6 Å². The molecule has 1 aliphatic rings. The van der Waals surface area contributed by atoms with Crippen LogP contribution in [-0.4, -0.2) is 26.5 Å². The lowest BCUT2D eigenvalue weighted by atomic mass is 9.99. The first-order valence-corrected chi connectivity index (χ1v) is 9.65. The second kappa shape index (κ2) is 7.83. The lowest BCUT2D eigenvalue weighted by molar-refractivity contribution is -0.141. The molecule has 158 valence electrons. The van der Waals surface area contributed by atoms with Crippen molar-refractivity contribution in [2.45, 2.75) is 31.4 Å². The first-order chi connectivity index (χ1) is 14.8. The first-order valence-electron chi connectivity index (χ1n) is 9.65. The molecule has 0 aromatic carbocycles. The minimum atomic E-state index is -4.57. The number of pyridine rings is 2. The van der Waals surface area contributed by atoms with Crippen LogP contribution < -0.4 is 10.6 Å². The summed E-state index contributed by atoms with van der Waals surface area (Å²) in [5.74, 6) is 1.29. The third-order valence-corrected chi connectivity index (χ3v) is 4.89. The number of aromatic nitrogens is 4. The van der Waals surface area contributed by atoms with Crippen molar-refractivity contribution in [2.24, 2.45) is 0 Å². The summed E-state index contributed by atoms with van der Waals surface area (Å²) in [5.41, 5.74) is -0.612. The number of anilines is 3.